The Morgan fingerprint density at radius 3 is 2.24 bits per heavy atom. The first-order valence-electron chi connectivity index (χ1n) is 21.4. The number of sulfonamides is 1. The van der Waals surface area contributed by atoms with Crippen LogP contribution in [0.3, 0.4) is 0 Å². The highest BCUT2D eigenvalue weighted by Crippen LogP contribution is 2.35. The largest absolute Gasteiger partial charge is 0.497 e. The number of unbranched alkanes of at least 4 members (excludes halogenated alkanes) is 6. The van der Waals surface area contributed by atoms with Gasteiger partial charge in [-0.25, -0.2) is 8.42 Å². The Balaban J connectivity index is 0.812. The fourth-order valence-corrected chi connectivity index (χ4v) is 10.1. The number of hydrogen-bond acceptors (Lipinski definition) is 10. The zero-order valence-electron chi connectivity index (χ0n) is 36.1. The van der Waals surface area contributed by atoms with Crippen LogP contribution in [0.25, 0.3) is 16.8 Å². The summed E-state index contributed by atoms with van der Waals surface area (Å²) >= 11 is 6.23. The Labute approximate surface area is 368 Å². The summed E-state index contributed by atoms with van der Waals surface area (Å²) in [6, 6.07) is 18.2. The second-order valence-electron chi connectivity index (χ2n) is 16.1. The monoisotopic (exact) mass is 882 g/mol. The number of aryl methyl sites for hydroxylation is 4. The topological polar surface area (TPSA) is 165 Å². The second kappa shape index (κ2) is 19.8. The molecule has 2 aromatic heterocycles. The first kappa shape index (κ1) is 44.7. The summed E-state index contributed by atoms with van der Waals surface area (Å²) in [4.78, 5) is 33.6. The standard InChI is InChI=1S/C46H55ClN8O6S/c1-30-14-15-35(44-31(2)52-61-32(44)3)27-41(30)62(58,59)54-25-23-53(24-26-54)43(57)13-11-9-7-6-8-10-12-22-48-42(56)29-39-46-51-50-33(4)55(46)40-21-20-37(60-5)28-38(40)45(49-39)34-16-18-36(47)19-17-34/h14-21,27-28,39H,6-13,22-26,29H2,1-5H3,(H,48,56)/t39-/m0/s1. The minimum absolute atomic E-state index is 0.0743. The van der Waals surface area contributed by atoms with Gasteiger partial charge in [0.15, 0.2) is 5.82 Å². The van der Waals surface area contributed by atoms with E-state index in [9.17, 15) is 18.0 Å². The maximum atomic E-state index is 13.7. The minimum atomic E-state index is -3.75. The molecule has 1 saturated heterocycles. The number of halogens is 1. The van der Waals surface area contributed by atoms with Gasteiger partial charge in [0.2, 0.25) is 21.8 Å². The molecule has 2 aliphatic heterocycles. The molecule has 0 aliphatic carbocycles. The Morgan fingerprint density at radius 2 is 1.55 bits per heavy atom. The maximum absolute atomic E-state index is 13.7. The Bertz CT molecular complexity index is 2520. The van der Waals surface area contributed by atoms with Gasteiger partial charge in [-0.1, -0.05) is 73.1 Å². The van der Waals surface area contributed by atoms with Crippen LogP contribution in [0.2, 0.25) is 5.02 Å². The van der Waals surface area contributed by atoms with Gasteiger partial charge < -0.3 is 19.5 Å². The Hall–Kier alpha value is -5.38. The molecule has 7 rings (SSSR count). The van der Waals surface area contributed by atoms with E-state index in [4.69, 9.17) is 25.9 Å². The maximum Gasteiger partial charge on any atom is 0.243 e. The van der Waals surface area contributed by atoms with Crippen molar-refractivity contribution < 1.29 is 27.3 Å². The molecule has 2 aliphatic rings. The molecule has 62 heavy (non-hydrogen) atoms. The molecule has 1 N–H and O–H groups in total. The van der Waals surface area contributed by atoms with Crippen LogP contribution >= 0.6 is 11.6 Å². The Kier molecular flexibility index (Phi) is 14.2. The number of benzene rings is 3. The van der Waals surface area contributed by atoms with Gasteiger partial charge in [0, 0.05) is 60.9 Å². The van der Waals surface area contributed by atoms with Crippen molar-refractivity contribution in [3.8, 4) is 22.6 Å². The molecule has 2 amide bonds. The highest BCUT2D eigenvalue weighted by atomic mass is 35.5. The van der Waals surface area contributed by atoms with Gasteiger partial charge in [-0.2, -0.15) is 4.31 Å². The van der Waals surface area contributed by atoms with Gasteiger partial charge >= 0.3 is 0 Å². The van der Waals surface area contributed by atoms with Gasteiger partial charge in [0.25, 0.3) is 0 Å². The molecule has 1 atom stereocenters. The van der Waals surface area contributed by atoms with Crippen LogP contribution in [0.4, 0.5) is 0 Å². The van der Waals surface area contributed by atoms with Crippen LogP contribution in [0.1, 0.15) is 104 Å². The lowest BCUT2D eigenvalue weighted by atomic mass is 10.00. The van der Waals surface area contributed by atoms with Crippen LogP contribution in [-0.2, 0) is 19.6 Å². The molecule has 0 bridgehead atoms. The number of nitrogens with zero attached hydrogens (tertiary/aromatic N) is 7. The lowest BCUT2D eigenvalue weighted by Crippen LogP contribution is -2.50. The third-order valence-electron chi connectivity index (χ3n) is 11.7. The number of aliphatic imine (C=N–C) groups is 1. The van der Waals surface area contributed by atoms with Crippen molar-refractivity contribution in [2.75, 3.05) is 39.8 Å². The molecule has 0 saturated carbocycles. The van der Waals surface area contributed by atoms with E-state index in [0.29, 0.717) is 65.5 Å². The van der Waals surface area contributed by atoms with Crippen molar-refractivity contribution in [3.63, 3.8) is 0 Å². The van der Waals surface area contributed by atoms with Crippen LogP contribution in [-0.4, -0.2) is 94.9 Å². The molecular weight excluding hydrogens is 828 g/mol. The van der Waals surface area contributed by atoms with E-state index in [1.54, 1.807) is 25.0 Å². The average Bonchev–Trinajstić information content (AvgIpc) is 3.78. The van der Waals surface area contributed by atoms with Crippen LogP contribution < -0.4 is 10.1 Å². The van der Waals surface area contributed by atoms with Gasteiger partial charge in [-0.15, -0.1) is 10.2 Å². The molecular formula is C46H55ClN8O6S. The molecule has 0 radical (unpaired) electrons. The van der Waals surface area contributed by atoms with Crippen molar-refractivity contribution in [2.45, 2.75) is 96.4 Å². The summed E-state index contributed by atoms with van der Waals surface area (Å²) in [7, 11) is -2.13. The van der Waals surface area contributed by atoms with Gasteiger partial charge in [0.05, 0.1) is 35.5 Å². The number of rotatable bonds is 17. The smallest absolute Gasteiger partial charge is 0.243 e. The lowest BCUT2D eigenvalue weighted by Gasteiger charge is -2.34. The number of ether oxygens (including phenoxy) is 1. The molecule has 14 nitrogen and oxygen atoms in total. The summed E-state index contributed by atoms with van der Waals surface area (Å²) in [5.41, 5.74) is 6.23. The first-order valence-corrected chi connectivity index (χ1v) is 23.2. The van der Waals surface area contributed by atoms with Crippen molar-refractivity contribution in [3.05, 3.63) is 105 Å². The van der Waals surface area contributed by atoms with E-state index in [1.165, 1.54) is 4.31 Å². The number of aromatic nitrogens is 4. The van der Waals surface area contributed by atoms with E-state index in [-0.39, 0.29) is 36.2 Å². The number of amides is 2. The SMILES string of the molecule is COc1ccc2c(c1)C(c1ccc(Cl)cc1)=N[C@@H](CC(=O)NCCCCCCCCCC(=O)N1CCN(S(=O)(=O)c3cc(-c4c(C)noc4C)ccc3C)CC1)c1nnc(C)n1-2. The van der Waals surface area contributed by atoms with Gasteiger partial charge in [-0.05, 0) is 88.1 Å². The summed E-state index contributed by atoms with van der Waals surface area (Å²) in [6.07, 6.45) is 7.32. The summed E-state index contributed by atoms with van der Waals surface area (Å²) in [5.74, 6) is 2.60. The van der Waals surface area contributed by atoms with Crippen LogP contribution in [0.5, 0.6) is 5.75 Å². The molecule has 4 heterocycles. The Morgan fingerprint density at radius 1 is 0.855 bits per heavy atom. The highest BCUT2D eigenvalue weighted by molar-refractivity contribution is 7.89. The normalized spacial score (nSPS) is 15.4. The number of fused-ring (bicyclic) bond motifs is 3. The average molecular weight is 884 g/mol. The van der Waals surface area contributed by atoms with E-state index < -0.39 is 16.1 Å². The molecule has 328 valence electrons. The molecule has 1 fully saturated rings. The van der Waals surface area contributed by atoms with Crippen molar-refractivity contribution in [1.29, 1.82) is 0 Å². The van der Waals surface area contributed by atoms with E-state index in [0.717, 1.165) is 78.6 Å². The number of hydrogen-bond donors (Lipinski definition) is 1. The zero-order chi connectivity index (χ0) is 44.0. The predicted molar refractivity (Wildman–Crippen MR) is 239 cm³/mol. The molecule has 0 spiro atoms. The first-order chi connectivity index (χ1) is 29.8. The van der Waals surface area contributed by atoms with Crippen LogP contribution in [0, 0.1) is 27.7 Å². The lowest BCUT2D eigenvalue weighted by molar-refractivity contribution is -0.132. The number of carbonyl (C=O) groups excluding carboxylic acids is 2. The van der Waals surface area contributed by atoms with E-state index >= 15 is 0 Å². The highest BCUT2D eigenvalue weighted by Gasteiger charge is 2.32. The third kappa shape index (κ3) is 9.95. The molecule has 0 unspecified atom stereocenters. The van der Waals surface area contributed by atoms with Crippen molar-refractivity contribution >= 4 is 39.2 Å². The minimum Gasteiger partial charge on any atom is -0.497 e. The molecule has 3 aromatic carbocycles. The molecule has 5 aromatic rings. The van der Waals surface area contributed by atoms with Crippen molar-refractivity contribution in [1.82, 2.24) is 34.4 Å². The number of nitrogens with one attached hydrogen (secondary N) is 1. The number of piperazine rings is 1. The fraction of sp³-hybridized carbons (Fsp3) is 0.435. The summed E-state index contributed by atoms with van der Waals surface area (Å²) < 4.78 is 41.8. The van der Waals surface area contributed by atoms with Gasteiger partial charge in [0.1, 0.15) is 23.4 Å². The fourth-order valence-electron chi connectivity index (χ4n) is 8.34. The predicted octanol–water partition coefficient (Wildman–Crippen LogP) is 7.87. The zero-order valence-corrected chi connectivity index (χ0v) is 37.7. The van der Waals surface area contributed by atoms with Crippen molar-refractivity contribution in [2.24, 2.45) is 4.99 Å². The van der Waals surface area contributed by atoms with Gasteiger partial charge in [-0.3, -0.25) is 19.1 Å². The number of methoxy groups -OCH3 is 1. The van der Waals surface area contributed by atoms with E-state index in [1.807, 2.05) is 79.9 Å². The van der Waals surface area contributed by atoms with E-state index in [2.05, 4.69) is 20.7 Å². The second-order valence-corrected chi connectivity index (χ2v) is 18.4. The summed E-state index contributed by atoms with van der Waals surface area (Å²) in [5, 5.41) is 16.6. The number of carbonyl (C=O) groups is 2. The quantitative estimate of drug-likeness (QED) is 0.0916. The van der Waals surface area contributed by atoms with Crippen LogP contribution in [0.15, 0.2) is 75.1 Å². The summed E-state index contributed by atoms with van der Waals surface area (Å²) in [6.45, 7) is 9.19. The third-order valence-corrected chi connectivity index (χ3v) is 14.0. The molecule has 16 heteroatoms.